The van der Waals surface area contributed by atoms with E-state index in [4.69, 9.17) is 0 Å². The van der Waals surface area contributed by atoms with Crippen LogP contribution < -0.4 is 14.9 Å². The Labute approximate surface area is 193 Å². The lowest BCUT2D eigenvalue weighted by atomic mass is 10.3. The van der Waals surface area contributed by atoms with Crippen molar-refractivity contribution in [3.8, 4) is 10.7 Å². The van der Waals surface area contributed by atoms with Crippen molar-refractivity contribution in [2.75, 3.05) is 31.1 Å². The lowest BCUT2D eigenvalue weighted by Crippen LogP contribution is -2.43. The average Bonchev–Trinajstić information content (AvgIpc) is 3.13. The summed E-state index contributed by atoms with van der Waals surface area (Å²) in [7, 11) is -3.79. The predicted molar refractivity (Wildman–Crippen MR) is 119 cm³/mol. The Balaban J connectivity index is 0.00000245. The van der Waals surface area contributed by atoms with Gasteiger partial charge in [-0.1, -0.05) is 11.3 Å². The molecule has 14 heteroatoms. The van der Waals surface area contributed by atoms with Crippen molar-refractivity contribution in [3.63, 3.8) is 0 Å². The number of halogens is 3. The third kappa shape index (κ3) is 4.31. The highest BCUT2D eigenvalue weighted by Gasteiger charge is 2.41. The lowest BCUT2D eigenvalue weighted by Gasteiger charge is -2.30. The molecule has 0 bridgehead atoms. The van der Waals surface area contributed by atoms with Crippen molar-refractivity contribution in [1.29, 1.82) is 0 Å². The molecule has 4 heterocycles. The number of piperazine rings is 1. The molecule has 1 saturated carbocycles. The Morgan fingerprint density at radius 2 is 1.97 bits per heavy atom. The van der Waals surface area contributed by atoms with E-state index in [1.807, 2.05) is 6.92 Å². The van der Waals surface area contributed by atoms with E-state index in [1.165, 1.54) is 12.4 Å². The fourth-order valence-corrected chi connectivity index (χ4v) is 5.78. The molecular formula is C18H22ClF2N7O2S2. The van der Waals surface area contributed by atoms with E-state index in [-0.39, 0.29) is 27.3 Å². The van der Waals surface area contributed by atoms with Crippen molar-refractivity contribution < 1.29 is 17.2 Å². The number of anilines is 1. The fourth-order valence-electron chi connectivity index (χ4n) is 3.59. The van der Waals surface area contributed by atoms with Gasteiger partial charge in [0, 0.05) is 37.9 Å². The Kier molecular flexibility index (Phi) is 6.13. The number of aromatic nitrogens is 4. The van der Waals surface area contributed by atoms with Crippen LogP contribution in [0.5, 0.6) is 0 Å². The summed E-state index contributed by atoms with van der Waals surface area (Å²) in [4.78, 5) is 6.64. The number of fused-ring (bicyclic) bond motifs is 1. The fraction of sp³-hybridized carbons (Fsp3) is 0.500. The van der Waals surface area contributed by atoms with Gasteiger partial charge in [0.2, 0.25) is 10.0 Å². The van der Waals surface area contributed by atoms with Crippen LogP contribution in [-0.4, -0.2) is 59.7 Å². The van der Waals surface area contributed by atoms with Crippen LogP contribution in [0.3, 0.4) is 0 Å². The summed E-state index contributed by atoms with van der Waals surface area (Å²) in [6.07, 6.45) is 1.85. The Morgan fingerprint density at radius 1 is 1.25 bits per heavy atom. The molecule has 9 nitrogen and oxygen atoms in total. The Bertz CT molecular complexity index is 1240. The molecule has 0 spiro atoms. The second kappa shape index (κ2) is 8.45. The second-order valence-electron chi connectivity index (χ2n) is 8.05. The van der Waals surface area contributed by atoms with Crippen LogP contribution in [-0.2, 0) is 10.0 Å². The van der Waals surface area contributed by atoms with Crippen LogP contribution in [0.4, 0.5) is 14.5 Å². The SMILES string of the molecule is CC1(NS(=O)(=O)c2cc(N3CCNCC3)c3ncc(-c4nnc(C(F)F)s4)n3c2)CC1.Cl. The maximum absolute atomic E-state index is 13.1. The van der Waals surface area contributed by atoms with Crippen LogP contribution in [0.2, 0.25) is 0 Å². The van der Waals surface area contributed by atoms with Gasteiger partial charge in [0.1, 0.15) is 10.6 Å². The summed E-state index contributed by atoms with van der Waals surface area (Å²) in [5, 5.41) is 10.6. The van der Waals surface area contributed by atoms with Gasteiger partial charge in [-0.2, -0.15) is 0 Å². The van der Waals surface area contributed by atoms with Gasteiger partial charge in [-0.3, -0.25) is 4.40 Å². The molecule has 5 rings (SSSR count). The molecule has 174 valence electrons. The van der Waals surface area contributed by atoms with E-state index in [1.54, 1.807) is 10.5 Å². The Morgan fingerprint density at radius 3 is 2.59 bits per heavy atom. The van der Waals surface area contributed by atoms with Gasteiger partial charge >= 0.3 is 0 Å². The highest BCUT2D eigenvalue weighted by Crippen LogP contribution is 2.37. The zero-order valence-electron chi connectivity index (χ0n) is 17.1. The van der Waals surface area contributed by atoms with Crippen molar-refractivity contribution in [2.24, 2.45) is 0 Å². The predicted octanol–water partition coefficient (Wildman–Crippen LogP) is 2.45. The van der Waals surface area contributed by atoms with Gasteiger partial charge in [-0.25, -0.2) is 26.9 Å². The van der Waals surface area contributed by atoms with Crippen LogP contribution in [0.15, 0.2) is 23.4 Å². The highest BCUT2D eigenvalue weighted by molar-refractivity contribution is 7.89. The molecule has 2 N–H and O–H groups in total. The van der Waals surface area contributed by atoms with Crippen LogP contribution in [0.25, 0.3) is 16.3 Å². The van der Waals surface area contributed by atoms with Crippen LogP contribution in [0.1, 0.15) is 31.2 Å². The normalized spacial score (nSPS) is 18.2. The van der Waals surface area contributed by atoms with Crippen molar-refractivity contribution >= 4 is 45.1 Å². The Hall–Kier alpha value is -1.93. The van der Waals surface area contributed by atoms with E-state index in [2.05, 4.69) is 30.1 Å². The van der Waals surface area contributed by atoms with E-state index in [9.17, 15) is 17.2 Å². The zero-order chi connectivity index (χ0) is 21.8. The molecule has 0 unspecified atom stereocenters. The molecule has 1 aliphatic heterocycles. The van der Waals surface area contributed by atoms with Gasteiger partial charge in [-0.05, 0) is 25.8 Å². The average molecular weight is 506 g/mol. The first-order valence-corrected chi connectivity index (χ1v) is 12.2. The molecule has 0 radical (unpaired) electrons. The van der Waals surface area contributed by atoms with Crippen LogP contribution in [0, 0.1) is 0 Å². The molecule has 0 amide bonds. The third-order valence-electron chi connectivity index (χ3n) is 5.56. The number of alkyl halides is 2. The quantitative estimate of drug-likeness (QED) is 0.530. The number of hydrogen-bond donors (Lipinski definition) is 2. The van der Waals surface area contributed by atoms with Gasteiger partial charge in [0.05, 0.1) is 11.9 Å². The minimum absolute atomic E-state index is 0. The van der Waals surface area contributed by atoms with Gasteiger partial charge < -0.3 is 10.2 Å². The van der Waals surface area contributed by atoms with Gasteiger partial charge in [-0.15, -0.1) is 22.6 Å². The summed E-state index contributed by atoms with van der Waals surface area (Å²) in [5.74, 6) is 0. The minimum atomic E-state index is -3.79. The lowest BCUT2D eigenvalue weighted by molar-refractivity contribution is 0.150. The third-order valence-corrected chi connectivity index (χ3v) is 8.11. The second-order valence-corrected chi connectivity index (χ2v) is 10.7. The summed E-state index contributed by atoms with van der Waals surface area (Å²) in [5.41, 5.74) is 1.22. The summed E-state index contributed by atoms with van der Waals surface area (Å²) < 4.78 is 56.7. The van der Waals surface area contributed by atoms with Crippen molar-refractivity contribution in [3.05, 3.63) is 23.5 Å². The first-order chi connectivity index (χ1) is 14.8. The molecular weight excluding hydrogens is 484 g/mol. The molecule has 32 heavy (non-hydrogen) atoms. The molecule has 0 aromatic carbocycles. The van der Waals surface area contributed by atoms with E-state index < -0.39 is 22.0 Å². The maximum Gasteiger partial charge on any atom is 0.291 e. The highest BCUT2D eigenvalue weighted by atomic mass is 35.5. The smallest absolute Gasteiger partial charge is 0.291 e. The number of nitrogens with one attached hydrogen (secondary N) is 2. The van der Waals surface area contributed by atoms with Crippen molar-refractivity contribution in [1.82, 2.24) is 29.6 Å². The number of imidazole rings is 1. The standard InChI is InChI=1S/C18H21F2N7O2S2.ClH/c1-18(2-3-18)25-31(28,29)11-8-12(26-6-4-21-5-7-26)15-22-9-13(27(15)10-11)16-23-24-17(30-16)14(19)20;/h8-10,14,21,25H,2-7H2,1H3;1H. The summed E-state index contributed by atoms with van der Waals surface area (Å²) >= 11 is 0.767. The topological polar surface area (TPSA) is 105 Å². The molecule has 3 aromatic rings. The molecule has 2 aliphatic rings. The molecule has 3 aromatic heterocycles. The summed E-state index contributed by atoms with van der Waals surface area (Å²) in [6, 6.07) is 1.64. The van der Waals surface area contributed by atoms with E-state index in [0.717, 1.165) is 37.3 Å². The minimum Gasteiger partial charge on any atom is -0.366 e. The first kappa shape index (κ1) is 23.2. The molecule has 0 atom stereocenters. The van der Waals surface area contributed by atoms with E-state index in [0.29, 0.717) is 30.1 Å². The largest absolute Gasteiger partial charge is 0.366 e. The number of rotatable bonds is 6. The molecule has 1 aliphatic carbocycles. The number of sulfonamides is 1. The number of nitrogens with zero attached hydrogens (tertiary/aromatic N) is 5. The summed E-state index contributed by atoms with van der Waals surface area (Å²) in [6.45, 7) is 4.79. The van der Waals surface area contributed by atoms with Crippen molar-refractivity contribution in [2.45, 2.75) is 36.6 Å². The van der Waals surface area contributed by atoms with E-state index >= 15 is 0 Å². The van der Waals surface area contributed by atoms with Gasteiger partial charge in [0.15, 0.2) is 15.7 Å². The zero-order valence-corrected chi connectivity index (χ0v) is 19.5. The van der Waals surface area contributed by atoms with Gasteiger partial charge in [0.25, 0.3) is 6.43 Å². The number of pyridine rings is 1. The van der Waals surface area contributed by atoms with Crippen LogP contribution >= 0.6 is 23.7 Å². The molecule has 2 fully saturated rings. The monoisotopic (exact) mass is 505 g/mol. The maximum atomic E-state index is 13.1. The number of hydrogen-bond acceptors (Lipinski definition) is 8. The first-order valence-electron chi connectivity index (χ1n) is 9.88. The molecule has 1 saturated heterocycles.